The molecule has 0 bridgehead atoms. The number of methoxy groups -OCH3 is 2. The molecule has 1 aliphatic heterocycles. The molecule has 90 valence electrons. The second-order valence-electron chi connectivity index (χ2n) is 3.28. The van der Waals surface area contributed by atoms with Gasteiger partial charge in [0.15, 0.2) is 11.5 Å². The van der Waals surface area contributed by atoms with E-state index in [4.69, 9.17) is 4.74 Å². The lowest BCUT2D eigenvalue weighted by atomic mass is 10.1. The van der Waals surface area contributed by atoms with Gasteiger partial charge in [-0.3, -0.25) is 0 Å². The second kappa shape index (κ2) is 4.58. The molecule has 6 heteroatoms. The smallest absolute Gasteiger partial charge is 0.358 e. The number of hydrogen-bond acceptors (Lipinski definition) is 6. The molecule has 0 saturated heterocycles. The highest BCUT2D eigenvalue weighted by Gasteiger charge is 2.24. The van der Waals surface area contributed by atoms with Crippen LogP contribution in [-0.2, 0) is 9.53 Å². The number of hydrogen-bond donors (Lipinski definition) is 2. The zero-order valence-corrected chi connectivity index (χ0v) is 10.1. The van der Waals surface area contributed by atoms with Crippen molar-refractivity contribution in [2.45, 2.75) is 4.90 Å². The Morgan fingerprint density at radius 2 is 2.18 bits per heavy atom. The Balaban J connectivity index is 2.46. The van der Waals surface area contributed by atoms with Gasteiger partial charge in [0.1, 0.15) is 5.75 Å². The molecular formula is C11H11NO4S. The van der Waals surface area contributed by atoms with Gasteiger partial charge in [0.05, 0.1) is 14.2 Å². The average Bonchev–Trinajstić information content (AvgIpc) is 2.38. The van der Waals surface area contributed by atoms with Crippen molar-refractivity contribution < 1.29 is 19.4 Å². The van der Waals surface area contributed by atoms with E-state index in [2.05, 4.69) is 9.46 Å². The van der Waals surface area contributed by atoms with Crippen LogP contribution in [0.1, 0.15) is 5.56 Å². The maximum Gasteiger partial charge on any atom is 0.358 e. The highest BCUT2D eigenvalue weighted by molar-refractivity contribution is 7.97. The Morgan fingerprint density at radius 3 is 2.82 bits per heavy atom. The molecule has 0 amide bonds. The molecular weight excluding hydrogens is 242 g/mol. The van der Waals surface area contributed by atoms with Gasteiger partial charge in [-0.1, -0.05) is 0 Å². The largest absolute Gasteiger partial charge is 0.505 e. The van der Waals surface area contributed by atoms with Crippen molar-refractivity contribution in [1.29, 1.82) is 0 Å². The summed E-state index contributed by atoms with van der Waals surface area (Å²) in [7, 11) is 2.83. The first-order chi connectivity index (χ1) is 8.17. The zero-order valence-electron chi connectivity index (χ0n) is 9.31. The minimum absolute atomic E-state index is 0.0511. The molecule has 0 saturated carbocycles. The minimum Gasteiger partial charge on any atom is -0.505 e. The molecule has 1 heterocycles. The molecule has 0 aromatic heterocycles. The fourth-order valence-corrected chi connectivity index (χ4v) is 2.28. The van der Waals surface area contributed by atoms with Crippen LogP contribution < -0.4 is 9.46 Å². The Hall–Kier alpha value is -1.82. The molecule has 17 heavy (non-hydrogen) atoms. The third kappa shape index (κ3) is 2.03. The number of carbonyl (C=O) groups is 1. The summed E-state index contributed by atoms with van der Waals surface area (Å²) in [5.74, 6) is -0.0305. The van der Waals surface area contributed by atoms with Crippen molar-refractivity contribution in [2.75, 3.05) is 14.2 Å². The van der Waals surface area contributed by atoms with Crippen LogP contribution in [-0.4, -0.2) is 25.3 Å². The quantitative estimate of drug-likeness (QED) is 0.617. The summed E-state index contributed by atoms with van der Waals surface area (Å²) in [4.78, 5) is 12.2. The standard InChI is InChI=1S/C11H11NO4S/c1-15-6-3-4-7-8(5-6)17-12-9(10(7)13)11(14)16-2/h3-5,12-13H,1-2H3. The summed E-state index contributed by atoms with van der Waals surface area (Å²) in [6, 6.07) is 5.19. The first kappa shape index (κ1) is 11.7. The monoisotopic (exact) mass is 253 g/mol. The van der Waals surface area contributed by atoms with E-state index in [-0.39, 0.29) is 11.5 Å². The van der Waals surface area contributed by atoms with Gasteiger partial charge in [0.25, 0.3) is 0 Å². The normalized spacial score (nSPS) is 13.8. The van der Waals surface area contributed by atoms with E-state index in [0.717, 1.165) is 4.90 Å². The molecule has 2 rings (SSSR count). The summed E-state index contributed by atoms with van der Waals surface area (Å²) >= 11 is 1.23. The SMILES string of the molecule is COC(=O)C1=C(O)c2ccc(OC)cc2SN1. The molecule has 5 nitrogen and oxygen atoms in total. The van der Waals surface area contributed by atoms with E-state index in [9.17, 15) is 9.90 Å². The van der Waals surface area contributed by atoms with E-state index in [0.29, 0.717) is 11.3 Å². The van der Waals surface area contributed by atoms with Gasteiger partial charge >= 0.3 is 5.97 Å². The summed E-state index contributed by atoms with van der Waals surface area (Å²) < 4.78 is 12.4. The predicted molar refractivity (Wildman–Crippen MR) is 63.6 cm³/mol. The number of aliphatic hydroxyl groups is 1. The Labute approximate surface area is 103 Å². The number of nitrogens with one attached hydrogen (secondary N) is 1. The average molecular weight is 253 g/mol. The van der Waals surface area contributed by atoms with Crippen LogP contribution in [0.5, 0.6) is 5.75 Å². The molecule has 0 fully saturated rings. The molecule has 1 aromatic carbocycles. The van der Waals surface area contributed by atoms with Crippen molar-refractivity contribution in [1.82, 2.24) is 4.72 Å². The number of rotatable bonds is 2. The van der Waals surface area contributed by atoms with Crippen molar-refractivity contribution in [2.24, 2.45) is 0 Å². The number of fused-ring (bicyclic) bond motifs is 1. The van der Waals surface area contributed by atoms with Crippen LogP contribution in [0.3, 0.4) is 0 Å². The van der Waals surface area contributed by atoms with E-state index in [1.54, 1.807) is 25.3 Å². The Kier molecular flexibility index (Phi) is 3.14. The lowest BCUT2D eigenvalue weighted by Crippen LogP contribution is -2.21. The van der Waals surface area contributed by atoms with E-state index in [1.165, 1.54) is 19.1 Å². The van der Waals surface area contributed by atoms with Crippen molar-refractivity contribution in [3.63, 3.8) is 0 Å². The highest BCUT2D eigenvalue weighted by Crippen LogP contribution is 2.35. The van der Waals surface area contributed by atoms with Gasteiger partial charge < -0.3 is 19.3 Å². The highest BCUT2D eigenvalue weighted by atomic mass is 32.2. The third-order valence-corrected chi connectivity index (χ3v) is 3.20. The molecule has 1 aliphatic rings. The first-order valence-electron chi connectivity index (χ1n) is 4.80. The second-order valence-corrected chi connectivity index (χ2v) is 4.13. The first-order valence-corrected chi connectivity index (χ1v) is 5.62. The number of esters is 1. The van der Waals surface area contributed by atoms with Crippen molar-refractivity contribution in [3.05, 3.63) is 29.5 Å². The van der Waals surface area contributed by atoms with Gasteiger partial charge in [-0.25, -0.2) is 4.79 Å². The molecule has 0 aliphatic carbocycles. The fraction of sp³-hybridized carbons (Fsp3) is 0.182. The number of benzene rings is 1. The maximum absolute atomic E-state index is 11.4. The third-order valence-electron chi connectivity index (χ3n) is 2.33. The van der Waals surface area contributed by atoms with Crippen molar-refractivity contribution >= 4 is 23.7 Å². The summed E-state index contributed by atoms with van der Waals surface area (Å²) in [5.41, 5.74) is 0.630. The van der Waals surface area contributed by atoms with Gasteiger partial charge in [0, 0.05) is 10.5 Å². The van der Waals surface area contributed by atoms with Gasteiger partial charge in [-0.15, -0.1) is 0 Å². The van der Waals surface area contributed by atoms with Gasteiger partial charge in [0.2, 0.25) is 0 Å². The van der Waals surface area contributed by atoms with Gasteiger partial charge in [-0.05, 0) is 30.1 Å². The Morgan fingerprint density at radius 1 is 1.41 bits per heavy atom. The summed E-state index contributed by atoms with van der Waals surface area (Å²) in [6.07, 6.45) is 0. The van der Waals surface area contributed by atoms with Crippen LogP contribution in [0.4, 0.5) is 0 Å². The van der Waals surface area contributed by atoms with Gasteiger partial charge in [-0.2, -0.15) is 0 Å². The number of carbonyl (C=O) groups excluding carboxylic acids is 1. The van der Waals surface area contributed by atoms with Crippen LogP contribution in [0.15, 0.2) is 28.8 Å². The molecule has 2 N–H and O–H groups in total. The van der Waals surface area contributed by atoms with Crippen LogP contribution in [0.25, 0.3) is 5.76 Å². The van der Waals surface area contributed by atoms with Crippen LogP contribution in [0, 0.1) is 0 Å². The van der Waals surface area contributed by atoms with E-state index >= 15 is 0 Å². The molecule has 0 atom stereocenters. The zero-order chi connectivity index (χ0) is 12.4. The van der Waals surface area contributed by atoms with E-state index < -0.39 is 5.97 Å². The Bertz CT molecular complexity index is 498. The van der Waals surface area contributed by atoms with Crippen molar-refractivity contribution in [3.8, 4) is 5.75 Å². The summed E-state index contributed by atoms with van der Waals surface area (Å²) in [5, 5.41) is 9.95. The molecule has 0 unspecified atom stereocenters. The van der Waals surface area contributed by atoms with E-state index in [1.807, 2.05) is 0 Å². The topological polar surface area (TPSA) is 67.8 Å². The molecule has 0 spiro atoms. The maximum atomic E-state index is 11.4. The summed E-state index contributed by atoms with van der Waals surface area (Å²) in [6.45, 7) is 0. The fourth-order valence-electron chi connectivity index (χ4n) is 1.44. The number of aliphatic hydroxyl groups excluding tert-OH is 1. The molecule has 0 radical (unpaired) electrons. The predicted octanol–water partition coefficient (Wildman–Crippen LogP) is 1.71. The lowest BCUT2D eigenvalue weighted by molar-refractivity contribution is -0.136. The molecule has 1 aromatic rings. The minimum atomic E-state index is -0.600. The van der Waals surface area contributed by atoms with Crippen LogP contribution in [0.2, 0.25) is 0 Å². The van der Waals surface area contributed by atoms with Crippen LogP contribution >= 0.6 is 11.9 Å². The lowest BCUT2D eigenvalue weighted by Gasteiger charge is -2.19. The number of ether oxygens (including phenoxy) is 2.